The number of amides is 1. The molecule has 0 saturated carbocycles. The molecule has 2 rings (SSSR count). The fourth-order valence-electron chi connectivity index (χ4n) is 3.54. The summed E-state index contributed by atoms with van der Waals surface area (Å²) in [5.74, 6) is 0.595. The summed E-state index contributed by atoms with van der Waals surface area (Å²) in [4.78, 5) is 19.8. The highest BCUT2D eigenvalue weighted by Gasteiger charge is 2.24. The van der Waals surface area contributed by atoms with Gasteiger partial charge in [-0.3, -0.25) is 9.79 Å². The number of likely N-dealkylation sites (N-methyl/N-ethyl adjacent to an activating group) is 1. The maximum Gasteiger partial charge on any atom is 0.217 e. The third-order valence-corrected chi connectivity index (χ3v) is 4.83. The van der Waals surface area contributed by atoms with Crippen molar-refractivity contribution in [3.63, 3.8) is 0 Å². The molecule has 26 heavy (non-hydrogen) atoms. The number of halogens is 1. The van der Waals surface area contributed by atoms with E-state index in [1.807, 2.05) is 20.2 Å². The minimum Gasteiger partial charge on any atom is -0.370 e. The van der Waals surface area contributed by atoms with Gasteiger partial charge in [-0.05, 0) is 50.6 Å². The Kier molecular flexibility index (Phi) is 7.38. The van der Waals surface area contributed by atoms with Crippen LogP contribution in [0.15, 0.2) is 29.3 Å². The van der Waals surface area contributed by atoms with E-state index in [-0.39, 0.29) is 23.7 Å². The van der Waals surface area contributed by atoms with Gasteiger partial charge in [0.15, 0.2) is 5.96 Å². The number of benzene rings is 1. The Bertz CT molecular complexity index is 634. The second-order valence-electron chi connectivity index (χ2n) is 7.09. The molecule has 1 saturated heterocycles. The lowest BCUT2D eigenvalue weighted by Gasteiger charge is -2.35. The van der Waals surface area contributed by atoms with Crippen LogP contribution in [0, 0.1) is 11.7 Å². The molecule has 1 heterocycles. The second-order valence-corrected chi connectivity index (χ2v) is 7.09. The van der Waals surface area contributed by atoms with E-state index in [1.54, 1.807) is 19.2 Å². The molecular weight excluding hydrogens is 333 g/mol. The first kappa shape index (κ1) is 20.2. The number of carbonyl (C=O) groups excluding carboxylic acids is 1. The first-order chi connectivity index (χ1) is 12.4. The van der Waals surface area contributed by atoms with Gasteiger partial charge in [0.2, 0.25) is 5.91 Å². The minimum absolute atomic E-state index is 0.0219. The number of hydrogen-bond donors (Lipinski definition) is 2. The van der Waals surface area contributed by atoms with Crippen LogP contribution in [0.4, 0.5) is 4.39 Å². The molecule has 3 N–H and O–H groups in total. The quantitative estimate of drug-likeness (QED) is 0.595. The summed E-state index contributed by atoms with van der Waals surface area (Å²) in [5.41, 5.74) is 6.27. The summed E-state index contributed by atoms with van der Waals surface area (Å²) in [5, 5.41) is 3.41. The van der Waals surface area contributed by atoms with Crippen LogP contribution in [0.3, 0.4) is 0 Å². The molecule has 144 valence electrons. The Balaban J connectivity index is 2.01. The van der Waals surface area contributed by atoms with Gasteiger partial charge < -0.3 is 20.9 Å². The highest BCUT2D eigenvalue weighted by Crippen LogP contribution is 2.21. The molecular formula is C19H30FN5O. The first-order valence-corrected chi connectivity index (χ1v) is 9.06. The van der Waals surface area contributed by atoms with Crippen molar-refractivity contribution in [1.29, 1.82) is 0 Å². The van der Waals surface area contributed by atoms with Gasteiger partial charge in [-0.1, -0.05) is 12.1 Å². The number of carbonyl (C=O) groups is 1. The van der Waals surface area contributed by atoms with Gasteiger partial charge in [-0.25, -0.2) is 4.39 Å². The molecule has 0 aliphatic carbocycles. The average molecular weight is 363 g/mol. The van der Waals surface area contributed by atoms with Crippen LogP contribution in [0.1, 0.15) is 30.9 Å². The van der Waals surface area contributed by atoms with Gasteiger partial charge in [-0.2, -0.15) is 0 Å². The number of rotatable bonds is 6. The summed E-state index contributed by atoms with van der Waals surface area (Å²) >= 11 is 0. The van der Waals surface area contributed by atoms with Crippen LogP contribution in [-0.2, 0) is 4.79 Å². The molecule has 0 spiro atoms. The van der Waals surface area contributed by atoms with E-state index in [4.69, 9.17) is 5.73 Å². The Morgan fingerprint density at radius 1 is 1.50 bits per heavy atom. The van der Waals surface area contributed by atoms with Crippen molar-refractivity contribution in [2.75, 3.05) is 40.8 Å². The third kappa shape index (κ3) is 5.69. The number of likely N-dealkylation sites (tertiary alicyclic amines) is 1. The van der Waals surface area contributed by atoms with E-state index in [2.05, 4.69) is 20.1 Å². The first-order valence-electron chi connectivity index (χ1n) is 9.06. The molecule has 0 aromatic heterocycles. The predicted octanol–water partition coefficient (Wildman–Crippen LogP) is 1.59. The SMILES string of the molecule is CN=C(NCC(c1cccc(F)c1)N(C)C)N1CCCC(CC(N)=O)C1. The molecule has 1 aromatic carbocycles. The van der Waals surface area contributed by atoms with E-state index in [1.165, 1.54) is 6.07 Å². The molecule has 7 heteroatoms. The normalized spacial score (nSPS) is 19.5. The monoisotopic (exact) mass is 363 g/mol. The Hall–Kier alpha value is -2.15. The molecule has 2 atom stereocenters. The van der Waals surface area contributed by atoms with Crippen molar-refractivity contribution < 1.29 is 9.18 Å². The van der Waals surface area contributed by atoms with Gasteiger partial charge in [0.25, 0.3) is 0 Å². The van der Waals surface area contributed by atoms with Gasteiger partial charge in [0, 0.05) is 33.1 Å². The van der Waals surface area contributed by atoms with Gasteiger partial charge in [0.05, 0.1) is 6.04 Å². The van der Waals surface area contributed by atoms with E-state index < -0.39 is 0 Å². The summed E-state index contributed by atoms with van der Waals surface area (Å²) in [6, 6.07) is 6.71. The Labute approximate surface area is 155 Å². The highest BCUT2D eigenvalue weighted by molar-refractivity contribution is 5.80. The molecule has 1 aliphatic rings. The van der Waals surface area contributed by atoms with Crippen LogP contribution >= 0.6 is 0 Å². The van der Waals surface area contributed by atoms with E-state index in [0.29, 0.717) is 13.0 Å². The summed E-state index contributed by atoms with van der Waals surface area (Å²) in [7, 11) is 5.71. The fraction of sp³-hybridized carbons (Fsp3) is 0.579. The van der Waals surface area contributed by atoms with E-state index in [0.717, 1.165) is 37.5 Å². The number of hydrogen-bond acceptors (Lipinski definition) is 3. The van der Waals surface area contributed by atoms with Crippen LogP contribution in [-0.4, -0.2) is 62.4 Å². The molecule has 6 nitrogen and oxygen atoms in total. The number of primary amides is 1. The van der Waals surface area contributed by atoms with Gasteiger partial charge in [-0.15, -0.1) is 0 Å². The van der Waals surface area contributed by atoms with Crippen LogP contribution in [0.25, 0.3) is 0 Å². The Morgan fingerprint density at radius 2 is 2.27 bits per heavy atom. The summed E-state index contributed by atoms with van der Waals surface area (Å²) < 4.78 is 13.6. The minimum atomic E-state index is -0.251. The lowest BCUT2D eigenvalue weighted by atomic mass is 9.95. The van der Waals surface area contributed by atoms with E-state index >= 15 is 0 Å². The lowest BCUT2D eigenvalue weighted by Crippen LogP contribution is -2.48. The van der Waals surface area contributed by atoms with Crippen molar-refractivity contribution in [2.45, 2.75) is 25.3 Å². The second kappa shape index (κ2) is 9.52. The molecule has 0 radical (unpaired) electrons. The zero-order chi connectivity index (χ0) is 19.1. The maximum atomic E-state index is 13.6. The topological polar surface area (TPSA) is 74.0 Å². The Morgan fingerprint density at radius 3 is 2.88 bits per heavy atom. The molecule has 1 fully saturated rings. The molecule has 2 unspecified atom stereocenters. The van der Waals surface area contributed by atoms with Crippen molar-refractivity contribution in [3.8, 4) is 0 Å². The number of nitrogens with zero attached hydrogens (tertiary/aromatic N) is 3. The predicted molar refractivity (Wildman–Crippen MR) is 102 cm³/mol. The van der Waals surface area contributed by atoms with Crippen molar-refractivity contribution >= 4 is 11.9 Å². The number of aliphatic imine (C=N–C) groups is 1. The van der Waals surface area contributed by atoms with E-state index in [9.17, 15) is 9.18 Å². The third-order valence-electron chi connectivity index (χ3n) is 4.83. The molecule has 1 aromatic rings. The molecule has 0 bridgehead atoms. The standard InChI is InChI=1S/C19H30FN5O/c1-22-19(25-9-5-6-14(13-25)10-18(21)26)23-12-17(24(2)3)15-7-4-8-16(20)11-15/h4,7-8,11,14,17H,5-6,9-10,12-13H2,1-3H3,(H2,21,26)(H,22,23). The van der Waals surface area contributed by atoms with Crippen LogP contribution < -0.4 is 11.1 Å². The zero-order valence-corrected chi connectivity index (χ0v) is 15.9. The number of nitrogens with one attached hydrogen (secondary N) is 1. The smallest absolute Gasteiger partial charge is 0.217 e. The average Bonchev–Trinajstić information content (AvgIpc) is 2.58. The van der Waals surface area contributed by atoms with Crippen molar-refractivity contribution in [3.05, 3.63) is 35.6 Å². The summed E-state index contributed by atoms with van der Waals surface area (Å²) in [6.07, 6.45) is 2.44. The van der Waals surface area contributed by atoms with Crippen LogP contribution in [0.2, 0.25) is 0 Å². The molecule has 1 amide bonds. The number of guanidine groups is 1. The number of piperidine rings is 1. The fourth-order valence-corrected chi connectivity index (χ4v) is 3.54. The maximum absolute atomic E-state index is 13.6. The van der Waals surface area contributed by atoms with Crippen molar-refractivity contribution in [1.82, 2.24) is 15.1 Å². The lowest BCUT2D eigenvalue weighted by molar-refractivity contribution is -0.119. The molecule has 1 aliphatic heterocycles. The number of nitrogens with two attached hydrogens (primary N) is 1. The van der Waals surface area contributed by atoms with Gasteiger partial charge in [0.1, 0.15) is 5.82 Å². The zero-order valence-electron chi connectivity index (χ0n) is 15.9. The highest BCUT2D eigenvalue weighted by atomic mass is 19.1. The van der Waals surface area contributed by atoms with Gasteiger partial charge >= 0.3 is 0 Å². The van der Waals surface area contributed by atoms with Crippen LogP contribution in [0.5, 0.6) is 0 Å². The summed E-state index contributed by atoms with van der Waals surface area (Å²) in [6.45, 7) is 2.29. The largest absolute Gasteiger partial charge is 0.370 e. The van der Waals surface area contributed by atoms with Crippen molar-refractivity contribution in [2.24, 2.45) is 16.6 Å².